The number of para-hydroxylation sites is 1. The van der Waals surface area contributed by atoms with Crippen molar-refractivity contribution in [2.75, 3.05) is 25.0 Å². The van der Waals surface area contributed by atoms with Gasteiger partial charge in [-0.15, -0.1) is 0 Å². The number of carbonyl (C=O) groups excluding carboxylic acids is 2. The normalized spacial score (nSPS) is 21.8. The van der Waals surface area contributed by atoms with Gasteiger partial charge in [0.25, 0.3) is 11.8 Å². The van der Waals surface area contributed by atoms with Crippen LogP contribution in [-0.4, -0.2) is 35.9 Å². The molecule has 0 aromatic heterocycles. The first-order chi connectivity index (χ1) is 12.9. The van der Waals surface area contributed by atoms with Gasteiger partial charge in [-0.05, 0) is 25.0 Å². The Morgan fingerprint density at radius 1 is 1.04 bits per heavy atom. The Hall–Kier alpha value is -2.66. The van der Waals surface area contributed by atoms with Crippen molar-refractivity contribution in [1.29, 1.82) is 0 Å². The van der Waals surface area contributed by atoms with E-state index in [2.05, 4.69) is 17.4 Å². The molecule has 5 heteroatoms. The van der Waals surface area contributed by atoms with Gasteiger partial charge in [0, 0.05) is 24.1 Å². The van der Waals surface area contributed by atoms with Gasteiger partial charge in [-0.1, -0.05) is 48.5 Å². The average Bonchev–Trinajstić information content (AvgIpc) is 3.01. The second-order valence-electron chi connectivity index (χ2n) is 7.61. The maximum Gasteiger partial charge on any atom is 0.279 e. The van der Waals surface area contributed by atoms with E-state index in [1.807, 2.05) is 50.2 Å². The molecule has 2 aromatic carbocycles. The highest BCUT2D eigenvalue weighted by molar-refractivity contribution is 5.93. The van der Waals surface area contributed by atoms with E-state index in [0.29, 0.717) is 4.48 Å². The summed E-state index contributed by atoms with van der Waals surface area (Å²) in [6.07, 6.45) is 1.93. The van der Waals surface area contributed by atoms with Crippen LogP contribution in [0.3, 0.4) is 0 Å². The van der Waals surface area contributed by atoms with Gasteiger partial charge in [-0.2, -0.15) is 0 Å². The van der Waals surface area contributed by atoms with E-state index in [1.165, 1.54) is 0 Å². The van der Waals surface area contributed by atoms with Crippen LogP contribution in [0, 0.1) is 13.8 Å². The Kier molecular flexibility index (Phi) is 5.61. The molecule has 1 aliphatic rings. The number of primary amides is 1. The van der Waals surface area contributed by atoms with E-state index in [1.54, 1.807) is 0 Å². The molecule has 27 heavy (non-hydrogen) atoms. The van der Waals surface area contributed by atoms with E-state index in [-0.39, 0.29) is 30.9 Å². The third kappa shape index (κ3) is 4.19. The zero-order valence-corrected chi connectivity index (χ0v) is 16.1. The van der Waals surface area contributed by atoms with Crippen molar-refractivity contribution in [3.63, 3.8) is 0 Å². The van der Waals surface area contributed by atoms with Crippen LogP contribution >= 0.6 is 0 Å². The van der Waals surface area contributed by atoms with Crippen molar-refractivity contribution in [2.24, 2.45) is 5.73 Å². The lowest BCUT2D eigenvalue weighted by Crippen LogP contribution is -2.55. The standard InChI is InChI=1S/C22H27N3O2/c1-16-8-6-9-17(2)22(16)24-21(27)15-25(14-20(23)26)13-7-12-19(25)18-10-4-3-5-11-18/h3-6,8-11,19H,7,12-15H2,1-2H3,(H2-,23,24,26,27)/p+1. The maximum absolute atomic E-state index is 13.0. The van der Waals surface area contributed by atoms with Crippen LogP contribution in [0.4, 0.5) is 5.69 Å². The number of hydrogen-bond acceptors (Lipinski definition) is 2. The number of likely N-dealkylation sites (tertiary alicyclic amines) is 1. The largest absolute Gasteiger partial charge is 0.365 e. The van der Waals surface area contributed by atoms with Crippen molar-refractivity contribution in [2.45, 2.75) is 32.7 Å². The third-order valence-corrected chi connectivity index (χ3v) is 5.60. The molecular weight excluding hydrogens is 338 g/mol. The van der Waals surface area contributed by atoms with Gasteiger partial charge >= 0.3 is 0 Å². The number of nitrogens with one attached hydrogen (secondary N) is 1. The highest BCUT2D eigenvalue weighted by atomic mass is 16.2. The van der Waals surface area contributed by atoms with Crippen LogP contribution in [-0.2, 0) is 9.59 Å². The number of aryl methyl sites for hydroxylation is 2. The summed E-state index contributed by atoms with van der Waals surface area (Å²) in [7, 11) is 0. The van der Waals surface area contributed by atoms with E-state index in [0.717, 1.165) is 41.8 Å². The summed E-state index contributed by atoms with van der Waals surface area (Å²) in [6.45, 7) is 5.18. The van der Waals surface area contributed by atoms with Gasteiger partial charge in [-0.3, -0.25) is 9.59 Å². The topological polar surface area (TPSA) is 72.2 Å². The molecule has 0 aliphatic carbocycles. The van der Waals surface area contributed by atoms with Crippen LogP contribution in [0.5, 0.6) is 0 Å². The Bertz CT molecular complexity index is 814. The minimum Gasteiger partial charge on any atom is -0.365 e. The molecule has 142 valence electrons. The van der Waals surface area contributed by atoms with Crippen LogP contribution < -0.4 is 11.1 Å². The number of amides is 2. The Morgan fingerprint density at radius 2 is 1.70 bits per heavy atom. The number of hydrogen-bond donors (Lipinski definition) is 2. The lowest BCUT2D eigenvalue weighted by atomic mass is 10.0. The van der Waals surface area contributed by atoms with E-state index >= 15 is 0 Å². The van der Waals surface area contributed by atoms with Crippen LogP contribution in [0.25, 0.3) is 0 Å². The molecule has 0 bridgehead atoms. The maximum atomic E-state index is 13.0. The highest BCUT2D eigenvalue weighted by Crippen LogP contribution is 2.39. The third-order valence-electron chi connectivity index (χ3n) is 5.60. The molecular formula is C22H28N3O2+. The minimum atomic E-state index is -0.363. The number of benzene rings is 2. The molecule has 2 aromatic rings. The number of quaternary nitrogens is 1. The van der Waals surface area contributed by atoms with Crippen molar-refractivity contribution in [3.8, 4) is 0 Å². The molecule has 0 radical (unpaired) electrons. The minimum absolute atomic E-state index is 0.0727. The summed E-state index contributed by atoms with van der Waals surface area (Å²) < 4.78 is 0.399. The number of nitrogens with zero attached hydrogens (tertiary/aromatic N) is 1. The summed E-state index contributed by atoms with van der Waals surface area (Å²) in [6, 6.07) is 16.2. The second kappa shape index (κ2) is 7.92. The van der Waals surface area contributed by atoms with Gasteiger partial charge in [0.2, 0.25) is 0 Å². The van der Waals surface area contributed by atoms with Crippen LogP contribution in [0.1, 0.15) is 35.6 Å². The monoisotopic (exact) mass is 366 g/mol. The summed E-state index contributed by atoms with van der Waals surface area (Å²) in [5.41, 5.74) is 9.67. The molecule has 1 saturated heterocycles. The van der Waals surface area contributed by atoms with Gasteiger partial charge in [0.15, 0.2) is 13.1 Å². The van der Waals surface area contributed by atoms with Gasteiger partial charge < -0.3 is 15.5 Å². The predicted molar refractivity (Wildman–Crippen MR) is 107 cm³/mol. The fourth-order valence-electron chi connectivity index (χ4n) is 4.41. The molecule has 3 rings (SSSR count). The SMILES string of the molecule is Cc1cccc(C)c1NC(=O)C[N+]1(CC(N)=O)CCCC1c1ccccc1. The average molecular weight is 366 g/mol. The smallest absolute Gasteiger partial charge is 0.279 e. The first-order valence-electron chi connectivity index (χ1n) is 9.46. The second-order valence-corrected chi connectivity index (χ2v) is 7.61. The zero-order valence-electron chi connectivity index (χ0n) is 16.1. The first kappa shape index (κ1) is 19.1. The van der Waals surface area contributed by atoms with Gasteiger partial charge in [-0.25, -0.2) is 0 Å². The Morgan fingerprint density at radius 3 is 2.33 bits per heavy atom. The first-order valence-corrected chi connectivity index (χ1v) is 9.46. The summed E-state index contributed by atoms with van der Waals surface area (Å²) in [5, 5.41) is 3.07. The quantitative estimate of drug-likeness (QED) is 0.771. The van der Waals surface area contributed by atoms with Gasteiger partial charge in [0.05, 0.1) is 6.54 Å². The number of nitrogens with two attached hydrogens (primary N) is 1. The fourth-order valence-corrected chi connectivity index (χ4v) is 4.41. The van der Waals surface area contributed by atoms with E-state index in [9.17, 15) is 9.59 Å². The number of rotatable bonds is 6. The van der Waals surface area contributed by atoms with E-state index in [4.69, 9.17) is 5.73 Å². The molecule has 2 amide bonds. The Labute approximate surface area is 160 Å². The fraction of sp³-hybridized carbons (Fsp3) is 0.364. The number of anilines is 1. The summed E-state index contributed by atoms with van der Waals surface area (Å²) in [5.74, 6) is -0.436. The van der Waals surface area contributed by atoms with Crippen LogP contribution in [0.15, 0.2) is 48.5 Å². The number of carbonyl (C=O) groups is 2. The van der Waals surface area contributed by atoms with Crippen molar-refractivity contribution >= 4 is 17.5 Å². The molecule has 0 saturated carbocycles. The predicted octanol–water partition coefficient (Wildman–Crippen LogP) is 3.08. The van der Waals surface area contributed by atoms with Crippen molar-refractivity contribution in [3.05, 3.63) is 65.2 Å². The Balaban J connectivity index is 1.86. The summed E-state index contributed by atoms with van der Waals surface area (Å²) in [4.78, 5) is 24.8. The van der Waals surface area contributed by atoms with Crippen molar-refractivity contribution in [1.82, 2.24) is 0 Å². The van der Waals surface area contributed by atoms with Gasteiger partial charge in [0.1, 0.15) is 6.04 Å². The zero-order chi connectivity index (χ0) is 19.4. The van der Waals surface area contributed by atoms with Crippen molar-refractivity contribution < 1.29 is 14.1 Å². The molecule has 3 N–H and O–H groups in total. The molecule has 0 spiro atoms. The molecule has 1 fully saturated rings. The molecule has 1 heterocycles. The van der Waals surface area contributed by atoms with Crippen LogP contribution in [0.2, 0.25) is 0 Å². The highest BCUT2D eigenvalue weighted by Gasteiger charge is 2.45. The molecule has 5 nitrogen and oxygen atoms in total. The summed E-state index contributed by atoms with van der Waals surface area (Å²) >= 11 is 0. The lowest BCUT2D eigenvalue weighted by molar-refractivity contribution is -0.930. The molecule has 1 aliphatic heterocycles. The lowest BCUT2D eigenvalue weighted by Gasteiger charge is -2.38. The molecule has 2 atom stereocenters. The molecule has 2 unspecified atom stereocenters. The van der Waals surface area contributed by atoms with E-state index < -0.39 is 0 Å².